The zero-order chi connectivity index (χ0) is 33.6. The number of hydrogen-bond donors (Lipinski definition) is 4. The first-order chi connectivity index (χ1) is 20.2. The average Bonchev–Trinajstić information content (AvgIpc) is 3.60. The van der Waals surface area contributed by atoms with Crippen molar-refractivity contribution in [2.24, 2.45) is 28.9 Å². The van der Waals surface area contributed by atoms with Crippen LogP contribution in [-0.2, 0) is 28.7 Å². The third-order valence-electron chi connectivity index (χ3n) is 8.33. The van der Waals surface area contributed by atoms with Crippen molar-refractivity contribution < 1.29 is 33.5 Å². The minimum atomic E-state index is -1.11. The van der Waals surface area contributed by atoms with E-state index in [1.807, 2.05) is 13.8 Å². The zero-order valence-electron chi connectivity index (χ0n) is 28.1. The molecule has 0 radical (unpaired) electrons. The number of carbonyl (C=O) groups is 6. The minimum Gasteiger partial charge on any atom is -0.458 e. The third-order valence-corrected chi connectivity index (χ3v) is 8.33. The van der Waals surface area contributed by atoms with E-state index in [2.05, 4.69) is 16.0 Å². The van der Waals surface area contributed by atoms with E-state index in [1.54, 1.807) is 48.5 Å². The van der Waals surface area contributed by atoms with Crippen LogP contribution in [0.15, 0.2) is 0 Å². The Morgan fingerprint density at radius 2 is 1.55 bits per heavy atom. The summed E-state index contributed by atoms with van der Waals surface area (Å²) in [5.41, 5.74) is 3.80. The Bertz CT molecular complexity index is 1070. The smallest absolute Gasteiger partial charge is 0.329 e. The molecular formula is C32H55N5O7. The van der Waals surface area contributed by atoms with Crippen LogP contribution in [0.1, 0.15) is 107 Å². The summed E-state index contributed by atoms with van der Waals surface area (Å²) in [5.74, 6) is -2.74. The van der Waals surface area contributed by atoms with Gasteiger partial charge in [-0.1, -0.05) is 67.2 Å². The predicted molar refractivity (Wildman–Crippen MR) is 166 cm³/mol. The molecular weight excluding hydrogens is 566 g/mol. The van der Waals surface area contributed by atoms with Crippen molar-refractivity contribution in [2.75, 3.05) is 6.54 Å². The largest absolute Gasteiger partial charge is 0.458 e. The molecule has 1 saturated heterocycles. The normalized spacial score (nSPS) is 20.8. The molecule has 250 valence electrons. The molecule has 1 aliphatic heterocycles. The number of urea groups is 1. The lowest BCUT2D eigenvalue weighted by Crippen LogP contribution is -2.61. The molecule has 2 rings (SSSR count). The van der Waals surface area contributed by atoms with Gasteiger partial charge >= 0.3 is 12.0 Å². The van der Waals surface area contributed by atoms with E-state index in [1.165, 1.54) is 4.90 Å². The van der Waals surface area contributed by atoms with E-state index in [9.17, 15) is 28.8 Å². The Labute approximate surface area is 262 Å². The van der Waals surface area contributed by atoms with Gasteiger partial charge in [-0.15, -0.1) is 0 Å². The van der Waals surface area contributed by atoms with Gasteiger partial charge < -0.3 is 31.3 Å². The molecule has 12 heteroatoms. The van der Waals surface area contributed by atoms with Crippen LogP contribution in [0, 0.1) is 23.2 Å². The second-order valence-corrected chi connectivity index (χ2v) is 14.8. The van der Waals surface area contributed by atoms with Gasteiger partial charge in [-0.05, 0) is 63.2 Å². The molecule has 1 saturated carbocycles. The molecule has 44 heavy (non-hydrogen) atoms. The summed E-state index contributed by atoms with van der Waals surface area (Å²) in [6.07, 6.45) is 4.83. The summed E-state index contributed by atoms with van der Waals surface area (Å²) in [5, 5.41) is 8.09. The number of rotatable bonds is 14. The van der Waals surface area contributed by atoms with Crippen molar-refractivity contribution in [1.29, 1.82) is 0 Å². The van der Waals surface area contributed by atoms with Crippen molar-refractivity contribution >= 4 is 35.5 Å². The molecule has 5 atom stereocenters. The van der Waals surface area contributed by atoms with E-state index in [4.69, 9.17) is 10.5 Å². The number of ketones is 1. The van der Waals surface area contributed by atoms with Gasteiger partial charge in [0.15, 0.2) is 0 Å². The summed E-state index contributed by atoms with van der Waals surface area (Å²) >= 11 is 0. The zero-order valence-corrected chi connectivity index (χ0v) is 28.1. The summed E-state index contributed by atoms with van der Waals surface area (Å²) in [6.45, 7) is 16.7. The first-order valence-corrected chi connectivity index (χ1v) is 16.0. The molecule has 1 aliphatic carbocycles. The third kappa shape index (κ3) is 11.1. The molecule has 0 aromatic heterocycles. The lowest BCUT2D eigenvalue weighted by atomic mass is 9.85. The summed E-state index contributed by atoms with van der Waals surface area (Å²) < 4.78 is 5.42. The van der Waals surface area contributed by atoms with Crippen molar-refractivity contribution in [1.82, 2.24) is 20.9 Å². The SMILES string of the molecule is CC[C@H](NC(=O)N[C@H](C(=O)N1C[C@H](C(C)C)C[C@H]1C(=O)NC(CCCC1CC1)C(=O)C(N)=O)C(C)(C)C)C(=O)OC(C)(C)C. The van der Waals surface area contributed by atoms with Crippen molar-refractivity contribution in [3.05, 3.63) is 0 Å². The van der Waals surface area contributed by atoms with Crippen molar-refractivity contribution in [3.63, 3.8) is 0 Å². The highest BCUT2D eigenvalue weighted by Gasteiger charge is 2.46. The second-order valence-electron chi connectivity index (χ2n) is 14.8. The van der Waals surface area contributed by atoms with Crippen LogP contribution in [-0.4, -0.2) is 76.7 Å². The van der Waals surface area contributed by atoms with Gasteiger partial charge in [0, 0.05) is 6.54 Å². The molecule has 5 N–H and O–H groups in total. The lowest BCUT2D eigenvalue weighted by molar-refractivity contribution is -0.157. The maximum absolute atomic E-state index is 14.1. The molecule has 12 nitrogen and oxygen atoms in total. The quantitative estimate of drug-likeness (QED) is 0.170. The number of ether oxygens (including phenoxy) is 1. The second kappa shape index (κ2) is 15.2. The van der Waals surface area contributed by atoms with Crippen LogP contribution in [0.2, 0.25) is 0 Å². The van der Waals surface area contributed by atoms with Crippen molar-refractivity contribution in [2.45, 2.75) is 137 Å². The van der Waals surface area contributed by atoms with Gasteiger partial charge in [0.2, 0.25) is 17.6 Å². The summed E-state index contributed by atoms with van der Waals surface area (Å²) in [7, 11) is 0. The fourth-order valence-corrected chi connectivity index (χ4v) is 5.42. The fraction of sp³-hybridized carbons (Fsp3) is 0.812. The number of likely N-dealkylation sites (tertiary alicyclic amines) is 1. The van der Waals surface area contributed by atoms with E-state index < -0.39 is 70.7 Å². The maximum atomic E-state index is 14.1. The first-order valence-electron chi connectivity index (χ1n) is 16.0. The lowest BCUT2D eigenvalue weighted by Gasteiger charge is -2.36. The van der Waals surface area contributed by atoms with Gasteiger partial charge in [-0.3, -0.25) is 19.2 Å². The van der Waals surface area contributed by atoms with Crippen LogP contribution < -0.4 is 21.7 Å². The maximum Gasteiger partial charge on any atom is 0.329 e. The molecule has 2 aliphatic rings. The number of nitrogens with one attached hydrogen (secondary N) is 3. The number of nitrogens with two attached hydrogens (primary N) is 1. The van der Waals surface area contributed by atoms with Crippen LogP contribution in [0.4, 0.5) is 4.79 Å². The number of amides is 5. The molecule has 0 aromatic rings. The molecule has 0 bridgehead atoms. The molecule has 0 aromatic carbocycles. The summed E-state index contributed by atoms with van der Waals surface area (Å²) in [6, 6.07) is -4.63. The topological polar surface area (TPSA) is 177 Å². The monoisotopic (exact) mass is 621 g/mol. The standard InChI is InChI=1S/C32H55N5O7/c1-10-21(29(42)44-32(7,8)9)35-30(43)36-25(31(4,5)6)28(41)37-17-20(18(2)3)16-23(37)27(40)34-22(24(38)26(33)39)13-11-12-19-14-15-19/h18-23,25H,10-17H2,1-9H3,(H2,33,39)(H,34,40)(H2,35,36,43)/t20-,21+,22?,23+,25-/m1/s1. The number of esters is 1. The number of hydrogen-bond acceptors (Lipinski definition) is 7. The van der Waals surface area contributed by atoms with E-state index in [-0.39, 0.29) is 24.8 Å². The van der Waals surface area contributed by atoms with Gasteiger partial charge in [0.1, 0.15) is 23.7 Å². The highest BCUT2D eigenvalue weighted by atomic mass is 16.6. The predicted octanol–water partition coefficient (Wildman–Crippen LogP) is 2.81. The number of primary amides is 1. The fourth-order valence-electron chi connectivity index (χ4n) is 5.42. The highest BCUT2D eigenvalue weighted by Crippen LogP contribution is 2.34. The first kappa shape index (κ1) is 37.0. The van der Waals surface area contributed by atoms with E-state index >= 15 is 0 Å². The Hall–Kier alpha value is -3.18. The highest BCUT2D eigenvalue weighted by molar-refractivity contribution is 6.37. The van der Waals surface area contributed by atoms with Gasteiger partial charge in [-0.2, -0.15) is 0 Å². The molecule has 5 amide bonds. The molecule has 1 heterocycles. The Balaban J connectivity index is 2.25. The van der Waals surface area contributed by atoms with Crippen LogP contribution in [0.3, 0.4) is 0 Å². The van der Waals surface area contributed by atoms with Gasteiger partial charge in [-0.25, -0.2) is 9.59 Å². The number of nitrogens with zero attached hydrogens (tertiary/aromatic N) is 1. The van der Waals surface area contributed by atoms with Crippen LogP contribution in [0.5, 0.6) is 0 Å². The molecule has 1 unspecified atom stereocenters. The van der Waals surface area contributed by atoms with Crippen LogP contribution >= 0.6 is 0 Å². The Morgan fingerprint density at radius 3 is 2.02 bits per heavy atom. The van der Waals surface area contributed by atoms with E-state index in [0.29, 0.717) is 25.2 Å². The van der Waals surface area contributed by atoms with Gasteiger partial charge in [0.25, 0.3) is 5.91 Å². The van der Waals surface area contributed by atoms with Gasteiger partial charge in [0.05, 0.1) is 6.04 Å². The summed E-state index contributed by atoms with van der Waals surface area (Å²) in [4.78, 5) is 79.4. The number of Topliss-reactive ketones (excluding diaryl/α,β-unsaturated/α-hetero) is 1. The molecule has 2 fully saturated rings. The number of carbonyl (C=O) groups excluding carboxylic acids is 6. The Morgan fingerprint density at radius 1 is 0.932 bits per heavy atom. The minimum absolute atomic E-state index is 0.000874. The average molecular weight is 622 g/mol. The van der Waals surface area contributed by atoms with Crippen LogP contribution in [0.25, 0.3) is 0 Å². The van der Waals surface area contributed by atoms with Crippen molar-refractivity contribution in [3.8, 4) is 0 Å². The van der Waals surface area contributed by atoms with E-state index in [0.717, 1.165) is 19.3 Å². The Kier molecular flexibility index (Phi) is 12.8. The molecule has 0 spiro atoms.